The maximum absolute atomic E-state index is 12.0. The van der Waals surface area contributed by atoms with E-state index in [9.17, 15) is 4.79 Å². The molecule has 1 aliphatic carbocycles. The Hall–Kier alpha value is -2.10. The van der Waals surface area contributed by atoms with Crippen LogP contribution in [0.1, 0.15) is 44.4 Å². The normalized spacial score (nSPS) is 15.6. The van der Waals surface area contributed by atoms with E-state index in [-0.39, 0.29) is 5.91 Å². The van der Waals surface area contributed by atoms with Crippen LogP contribution in [0.25, 0.3) is 11.3 Å². The molecule has 1 aromatic heterocycles. The van der Waals surface area contributed by atoms with Crippen molar-refractivity contribution in [3.63, 3.8) is 0 Å². The molecule has 116 valence electrons. The van der Waals surface area contributed by atoms with Crippen molar-refractivity contribution in [2.75, 3.05) is 0 Å². The summed E-state index contributed by atoms with van der Waals surface area (Å²) in [6.07, 6.45) is 8.69. The topological polar surface area (TPSA) is 55.1 Å². The van der Waals surface area contributed by atoms with E-state index in [0.29, 0.717) is 24.8 Å². The van der Waals surface area contributed by atoms with Gasteiger partial charge in [-0.3, -0.25) is 4.79 Å². The SMILES string of the molecule is O=C(CCc1ncc(-c2ccccc2)o1)NC1CCCCC1. The first-order valence-electron chi connectivity index (χ1n) is 8.11. The van der Waals surface area contributed by atoms with Crippen molar-refractivity contribution in [2.45, 2.75) is 51.0 Å². The van der Waals surface area contributed by atoms with Gasteiger partial charge in [0.25, 0.3) is 0 Å². The van der Waals surface area contributed by atoms with E-state index in [0.717, 1.165) is 24.2 Å². The van der Waals surface area contributed by atoms with Crippen LogP contribution in [0.2, 0.25) is 0 Å². The monoisotopic (exact) mass is 298 g/mol. The Kier molecular flexibility index (Phi) is 4.88. The zero-order chi connectivity index (χ0) is 15.2. The molecule has 0 atom stereocenters. The molecule has 1 N–H and O–H groups in total. The van der Waals surface area contributed by atoms with Gasteiger partial charge in [-0.05, 0) is 12.8 Å². The van der Waals surface area contributed by atoms with Crippen LogP contribution in [0, 0.1) is 0 Å². The van der Waals surface area contributed by atoms with Crippen molar-refractivity contribution in [2.24, 2.45) is 0 Å². The molecule has 1 heterocycles. The van der Waals surface area contributed by atoms with Crippen molar-refractivity contribution < 1.29 is 9.21 Å². The predicted molar refractivity (Wildman–Crippen MR) is 85.3 cm³/mol. The summed E-state index contributed by atoms with van der Waals surface area (Å²) in [5.74, 6) is 1.48. The second-order valence-corrected chi connectivity index (χ2v) is 5.89. The molecule has 1 aliphatic rings. The number of nitrogens with zero attached hydrogens (tertiary/aromatic N) is 1. The highest BCUT2D eigenvalue weighted by Crippen LogP contribution is 2.20. The molecule has 1 amide bonds. The molecule has 0 saturated heterocycles. The Morgan fingerprint density at radius 1 is 1.18 bits per heavy atom. The molecule has 0 bridgehead atoms. The number of oxazole rings is 1. The summed E-state index contributed by atoms with van der Waals surface area (Å²) in [6.45, 7) is 0. The molecule has 0 unspecified atom stereocenters. The molecule has 3 rings (SSSR count). The van der Waals surface area contributed by atoms with E-state index in [1.807, 2.05) is 30.3 Å². The number of benzene rings is 1. The number of amides is 1. The zero-order valence-electron chi connectivity index (χ0n) is 12.8. The lowest BCUT2D eigenvalue weighted by molar-refractivity contribution is -0.122. The molecule has 0 radical (unpaired) electrons. The third-order valence-corrected chi connectivity index (χ3v) is 4.15. The quantitative estimate of drug-likeness (QED) is 0.915. The van der Waals surface area contributed by atoms with Gasteiger partial charge in [0.1, 0.15) is 0 Å². The summed E-state index contributed by atoms with van der Waals surface area (Å²) in [6, 6.07) is 10.2. The minimum Gasteiger partial charge on any atom is -0.441 e. The lowest BCUT2D eigenvalue weighted by atomic mass is 9.95. The smallest absolute Gasteiger partial charge is 0.220 e. The van der Waals surface area contributed by atoms with Crippen molar-refractivity contribution in [3.8, 4) is 11.3 Å². The average Bonchev–Trinajstić information content (AvgIpc) is 3.04. The third kappa shape index (κ3) is 3.97. The van der Waals surface area contributed by atoms with Gasteiger partial charge in [0.15, 0.2) is 11.7 Å². The van der Waals surface area contributed by atoms with E-state index in [1.165, 1.54) is 19.3 Å². The molecule has 0 spiro atoms. The maximum atomic E-state index is 12.0. The van der Waals surface area contributed by atoms with Crippen LogP contribution < -0.4 is 5.32 Å². The van der Waals surface area contributed by atoms with Crippen LogP contribution >= 0.6 is 0 Å². The van der Waals surface area contributed by atoms with Gasteiger partial charge in [0.05, 0.1) is 6.20 Å². The zero-order valence-corrected chi connectivity index (χ0v) is 12.8. The Morgan fingerprint density at radius 3 is 2.73 bits per heavy atom. The van der Waals surface area contributed by atoms with Gasteiger partial charge in [-0.2, -0.15) is 0 Å². The van der Waals surface area contributed by atoms with E-state index in [4.69, 9.17) is 4.42 Å². The van der Waals surface area contributed by atoms with Gasteiger partial charge in [0.2, 0.25) is 5.91 Å². The van der Waals surface area contributed by atoms with Crippen LogP contribution in [0.3, 0.4) is 0 Å². The van der Waals surface area contributed by atoms with Gasteiger partial charge >= 0.3 is 0 Å². The molecular weight excluding hydrogens is 276 g/mol. The third-order valence-electron chi connectivity index (χ3n) is 4.15. The number of aryl methyl sites for hydroxylation is 1. The van der Waals surface area contributed by atoms with E-state index in [2.05, 4.69) is 10.3 Å². The second kappa shape index (κ2) is 7.25. The fourth-order valence-electron chi connectivity index (χ4n) is 2.93. The Balaban J connectivity index is 1.49. The lowest BCUT2D eigenvalue weighted by Gasteiger charge is -2.22. The first kappa shape index (κ1) is 14.8. The van der Waals surface area contributed by atoms with Crippen LogP contribution in [0.5, 0.6) is 0 Å². The van der Waals surface area contributed by atoms with E-state index in [1.54, 1.807) is 6.20 Å². The molecule has 1 fully saturated rings. The van der Waals surface area contributed by atoms with Crippen LogP contribution in [-0.2, 0) is 11.2 Å². The molecular formula is C18H22N2O2. The van der Waals surface area contributed by atoms with Gasteiger partial charge in [-0.25, -0.2) is 4.98 Å². The highest BCUT2D eigenvalue weighted by molar-refractivity contribution is 5.76. The van der Waals surface area contributed by atoms with Crippen LogP contribution in [-0.4, -0.2) is 16.9 Å². The molecule has 4 nitrogen and oxygen atoms in total. The summed E-state index contributed by atoms with van der Waals surface area (Å²) in [5.41, 5.74) is 1.01. The molecule has 0 aliphatic heterocycles. The molecule has 4 heteroatoms. The van der Waals surface area contributed by atoms with Gasteiger partial charge in [-0.15, -0.1) is 0 Å². The predicted octanol–water partition coefficient (Wildman–Crippen LogP) is 3.72. The Morgan fingerprint density at radius 2 is 1.95 bits per heavy atom. The number of nitrogens with one attached hydrogen (secondary N) is 1. The Labute approximate surface area is 130 Å². The van der Waals surface area contributed by atoms with Crippen molar-refractivity contribution in [1.82, 2.24) is 10.3 Å². The summed E-state index contributed by atoms with van der Waals surface area (Å²) >= 11 is 0. The van der Waals surface area contributed by atoms with Gasteiger partial charge in [-0.1, -0.05) is 49.6 Å². The van der Waals surface area contributed by atoms with Gasteiger partial charge < -0.3 is 9.73 Å². The van der Waals surface area contributed by atoms with Crippen molar-refractivity contribution >= 4 is 5.91 Å². The number of hydrogen-bond donors (Lipinski definition) is 1. The highest BCUT2D eigenvalue weighted by atomic mass is 16.4. The minimum atomic E-state index is 0.103. The Bertz CT molecular complexity index is 601. The average molecular weight is 298 g/mol. The fourth-order valence-corrected chi connectivity index (χ4v) is 2.93. The fraction of sp³-hybridized carbons (Fsp3) is 0.444. The van der Waals surface area contributed by atoms with Crippen LogP contribution in [0.4, 0.5) is 0 Å². The van der Waals surface area contributed by atoms with E-state index < -0.39 is 0 Å². The summed E-state index contributed by atoms with van der Waals surface area (Å²) in [7, 11) is 0. The lowest BCUT2D eigenvalue weighted by Crippen LogP contribution is -2.36. The molecule has 2 aromatic rings. The number of hydrogen-bond acceptors (Lipinski definition) is 3. The largest absolute Gasteiger partial charge is 0.441 e. The number of aromatic nitrogens is 1. The number of rotatable bonds is 5. The molecule has 1 saturated carbocycles. The standard InChI is InChI=1S/C18H22N2O2/c21-17(20-15-9-5-2-6-10-15)11-12-18-19-13-16(22-18)14-7-3-1-4-8-14/h1,3-4,7-8,13,15H,2,5-6,9-12H2,(H,20,21). The number of carbonyl (C=O) groups is 1. The first-order chi connectivity index (χ1) is 10.8. The minimum absolute atomic E-state index is 0.103. The highest BCUT2D eigenvalue weighted by Gasteiger charge is 2.16. The van der Waals surface area contributed by atoms with Crippen LogP contribution in [0.15, 0.2) is 40.9 Å². The summed E-state index contributed by atoms with van der Waals surface area (Å²) in [4.78, 5) is 16.2. The molecule has 1 aromatic carbocycles. The summed E-state index contributed by atoms with van der Waals surface area (Å²) < 4.78 is 5.72. The first-order valence-corrected chi connectivity index (χ1v) is 8.11. The molecule has 22 heavy (non-hydrogen) atoms. The van der Waals surface area contributed by atoms with Crippen molar-refractivity contribution in [3.05, 3.63) is 42.4 Å². The van der Waals surface area contributed by atoms with Gasteiger partial charge in [0, 0.05) is 24.4 Å². The number of carbonyl (C=O) groups excluding carboxylic acids is 1. The summed E-state index contributed by atoms with van der Waals surface area (Å²) in [5, 5.41) is 3.12. The van der Waals surface area contributed by atoms with E-state index >= 15 is 0 Å². The second-order valence-electron chi connectivity index (χ2n) is 5.89. The maximum Gasteiger partial charge on any atom is 0.220 e. The van der Waals surface area contributed by atoms with Crippen molar-refractivity contribution in [1.29, 1.82) is 0 Å².